The first kappa shape index (κ1) is 23.8. The number of hydrogen-bond acceptors (Lipinski definition) is 3. The van der Waals surface area contributed by atoms with Crippen LogP contribution in [0.4, 0.5) is 13.2 Å². The van der Waals surface area contributed by atoms with E-state index in [2.05, 4.69) is 40.2 Å². The van der Waals surface area contributed by atoms with Gasteiger partial charge in [0.05, 0.1) is 0 Å². The minimum atomic E-state index is -5.08. The number of hydrogen-bond donors (Lipinski definition) is 1. The van der Waals surface area contributed by atoms with E-state index < -0.39 is 12.1 Å². The molecular formula is C24H27F3N2O3. The fraction of sp³-hybridized carbons (Fsp3) is 0.458. The van der Waals surface area contributed by atoms with Crippen LogP contribution in [-0.4, -0.2) is 46.1 Å². The molecule has 0 bridgehead atoms. The van der Waals surface area contributed by atoms with Gasteiger partial charge in [0.1, 0.15) is 0 Å². The number of amides is 1. The minimum Gasteiger partial charge on any atom is -0.475 e. The highest BCUT2D eigenvalue weighted by Crippen LogP contribution is 2.47. The summed E-state index contributed by atoms with van der Waals surface area (Å²) in [7, 11) is 0. The van der Waals surface area contributed by atoms with E-state index in [1.807, 2.05) is 26.2 Å². The predicted molar refractivity (Wildman–Crippen MR) is 114 cm³/mol. The Hall–Kier alpha value is -2.90. The van der Waals surface area contributed by atoms with Crippen LogP contribution in [0.3, 0.4) is 0 Å². The lowest BCUT2D eigenvalue weighted by Gasteiger charge is -2.41. The third-order valence-electron chi connectivity index (χ3n) is 6.34. The quantitative estimate of drug-likeness (QED) is 0.714. The zero-order valence-corrected chi connectivity index (χ0v) is 18.2. The van der Waals surface area contributed by atoms with Crippen molar-refractivity contribution in [2.45, 2.75) is 51.1 Å². The predicted octanol–water partition coefficient (Wildman–Crippen LogP) is 4.84. The molecule has 1 aromatic heterocycles. The summed E-state index contributed by atoms with van der Waals surface area (Å²) < 4.78 is 31.7. The summed E-state index contributed by atoms with van der Waals surface area (Å²) in [6.07, 6.45) is 3.22. The molecule has 0 saturated carbocycles. The fourth-order valence-electron chi connectivity index (χ4n) is 4.56. The molecule has 1 spiro atoms. The lowest BCUT2D eigenvalue weighted by Crippen LogP contribution is -2.45. The van der Waals surface area contributed by atoms with Crippen molar-refractivity contribution >= 4 is 11.9 Å². The van der Waals surface area contributed by atoms with Gasteiger partial charge in [-0.25, -0.2) is 4.79 Å². The third-order valence-corrected chi connectivity index (χ3v) is 6.34. The number of carboxylic acids is 1. The molecule has 1 saturated heterocycles. The maximum atomic E-state index is 12.3. The first-order chi connectivity index (χ1) is 15.0. The first-order valence-corrected chi connectivity index (χ1v) is 10.7. The molecule has 1 amide bonds. The van der Waals surface area contributed by atoms with Crippen LogP contribution in [0.2, 0.25) is 0 Å². The third kappa shape index (κ3) is 5.11. The van der Waals surface area contributed by atoms with E-state index >= 15 is 0 Å². The van der Waals surface area contributed by atoms with Crippen LogP contribution < -0.4 is 0 Å². The number of carbonyl (C=O) groups is 2. The van der Waals surface area contributed by atoms with Gasteiger partial charge in [-0.1, -0.05) is 32.0 Å². The lowest BCUT2D eigenvalue weighted by molar-refractivity contribution is -0.192. The largest absolute Gasteiger partial charge is 0.490 e. The molecule has 1 aliphatic heterocycles. The van der Waals surface area contributed by atoms with Gasteiger partial charge in [-0.2, -0.15) is 13.2 Å². The van der Waals surface area contributed by atoms with Crippen molar-refractivity contribution in [3.8, 4) is 11.1 Å². The highest BCUT2D eigenvalue weighted by atomic mass is 19.4. The molecule has 5 nitrogen and oxygen atoms in total. The highest BCUT2D eigenvalue weighted by molar-refractivity contribution is 5.78. The molecule has 172 valence electrons. The van der Waals surface area contributed by atoms with Gasteiger partial charge < -0.3 is 10.0 Å². The SMILES string of the molecule is CC(C)C(=O)N1CCC2(CCc3ccc(-c4ccncc4)cc32)CC1.O=C(O)C(F)(F)F. The maximum absolute atomic E-state index is 12.3. The number of halogens is 3. The van der Waals surface area contributed by atoms with E-state index in [1.54, 1.807) is 0 Å². The Bertz CT molecular complexity index is 966. The zero-order chi connectivity index (χ0) is 23.5. The van der Waals surface area contributed by atoms with E-state index in [0.29, 0.717) is 5.91 Å². The van der Waals surface area contributed by atoms with Crippen molar-refractivity contribution in [2.24, 2.45) is 5.92 Å². The Morgan fingerprint density at radius 2 is 1.62 bits per heavy atom. The van der Waals surface area contributed by atoms with Crippen LogP contribution in [0.25, 0.3) is 11.1 Å². The van der Waals surface area contributed by atoms with Crippen molar-refractivity contribution in [2.75, 3.05) is 13.1 Å². The van der Waals surface area contributed by atoms with Crippen molar-refractivity contribution in [1.82, 2.24) is 9.88 Å². The number of aryl methyl sites for hydroxylation is 1. The summed E-state index contributed by atoms with van der Waals surface area (Å²) in [5.41, 5.74) is 5.81. The lowest BCUT2D eigenvalue weighted by atomic mass is 9.73. The average Bonchev–Trinajstić information content (AvgIpc) is 3.11. The fourth-order valence-corrected chi connectivity index (χ4v) is 4.56. The number of pyridine rings is 1. The normalized spacial score (nSPS) is 17.0. The summed E-state index contributed by atoms with van der Waals surface area (Å²) in [6.45, 7) is 5.79. The van der Waals surface area contributed by atoms with E-state index in [4.69, 9.17) is 9.90 Å². The average molecular weight is 448 g/mol. The Kier molecular flexibility index (Phi) is 6.91. The molecule has 1 aliphatic carbocycles. The van der Waals surface area contributed by atoms with E-state index in [-0.39, 0.29) is 11.3 Å². The number of fused-ring (bicyclic) bond motifs is 2. The molecule has 1 N–H and O–H groups in total. The molecular weight excluding hydrogens is 421 g/mol. The second kappa shape index (κ2) is 9.30. The molecule has 4 rings (SSSR count). The molecule has 0 unspecified atom stereocenters. The molecule has 2 aromatic rings. The monoisotopic (exact) mass is 448 g/mol. The minimum absolute atomic E-state index is 0.100. The molecule has 32 heavy (non-hydrogen) atoms. The van der Waals surface area contributed by atoms with Crippen LogP contribution in [-0.2, 0) is 21.4 Å². The molecule has 2 aliphatic rings. The molecule has 0 atom stereocenters. The van der Waals surface area contributed by atoms with Crippen LogP contribution in [0, 0.1) is 5.92 Å². The molecule has 1 aromatic carbocycles. The van der Waals surface area contributed by atoms with Crippen LogP contribution in [0.5, 0.6) is 0 Å². The smallest absolute Gasteiger partial charge is 0.475 e. The van der Waals surface area contributed by atoms with Gasteiger partial charge in [0.25, 0.3) is 0 Å². The number of piperidine rings is 1. The Morgan fingerprint density at radius 3 is 2.16 bits per heavy atom. The van der Waals surface area contributed by atoms with Gasteiger partial charge in [-0.3, -0.25) is 9.78 Å². The Morgan fingerprint density at radius 1 is 1.03 bits per heavy atom. The van der Waals surface area contributed by atoms with Crippen molar-refractivity contribution in [3.63, 3.8) is 0 Å². The van der Waals surface area contributed by atoms with E-state index in [9.17, 15) is 18.0 Å². The van der Waals surface area contributed by atoms with Crippen molar-refractivity contribution < 1.29 is 27.9 Å². The second-order valence-electron chi connectivity index (χ2n) is 8.67. The van der Waals surface area contributed by atoms with Gasteiger partial charge in [-0.15, -0.1) is 0 Å². The number of rotatable bonds is 2. The summed E-state index contributed by atoms with van der Waals surface area (Å²) in [4.78, 5) is 27.4. The Labute approximate surface area is 185 Å². The standard InChI is InChI=1S/C22H26N2O.C2HF3O2/c1-16(2)21(25)24-13-9-22(10-14-24)8-5-18-3-4-19(15-20(18)22)17-6-11-23-12-7-17;3-2(4,5)1(6)7/h3-4,6-7,11-12,15-16H,5,8-10,13-14H2,1-2H3;(H,6,7). The van der Waals surface area contributed by atoms with Crippen molar-refractivity contribution in [3.05, 3.63) is 53.9 Å². The second-order valence-corrected chi connectivity index (χ2v) is 8.67. The molecule has 8 heteroatoms. The number of nitrogens with zero attached hydrogens (tertiary/aromatic N) is 2. The molecule has 2 heterocycles. The highest BCUT2D eigenvalue weighted by Gasteiger charge is 2.42. The number of aromatic nitrogens is 1. The number of alkyl halides is 3. The number of carbonyl (C=O) groups excluding carboxylic acids is 1. The number of aliphatic carboxylic acids is 1. The van der Waals surface area contributed by atoms with Crippen LogP contribution >= 0.6 is 0 Å². The number of carboxylic acid groups (broad SMARTS) is 1. The van der Waals surface area contributed by atoms with Gasteiger partial charge >= 0.3 is 12.1 Å². The van der Waals surface area contributed by atoms with Crippen LogP contribution in [0.15, 0.2) is 42.7 Å². The summed E-state index contributed by atoms with van der Waals surface area (Å²) in [5.74, 6) is -2.35. The van der Waals surface area contributed by atoms with Gasteiger partial charge in [0.15, 0.2) is 0 Å². The molecule has 1 fully saturated rings. The maximum Gasteiger partial charge on any atom is 0.490 e. The Balaban J connectivity index is 0.000000360. The molecule has 0 radical (unpaired) electrons. The summed E-state index contributed by atoms with van der Waals surface area (Å²) in [5, 5.41) is 7.12. The van der Waals surface area contributed by atoms with Gasteiger partial charge in [0.2, 0.25) is 5.91 Å². The van der Waals surface area contributed by atoms with E-state index in [1.165, 1.54) is 35.1 Å². The van der Waals surface area contributed by atoms with Crippen molar-refractivity contribution in [1.29, 1.82) is 0 Å². The first-order valence-electron chi connectivity index (χ1n) is 10.7. The summed E-state index contributed by atoms with van der Waals surface area (Å²) >= 11 is 0. The number of benzene rings is 1. The van der Waals surface area contributed by atoms with Gasteiger partial charge in [-0.05, 0) is 65.5 Å². The zero-order valence-electron chi connectivity index (χ0n) is 18.2. The topological polar surface area (TPSA) is 70.5 Å². The van der Waals surface area contributed by atoms with Crippen LogP contribution in [0.1, 0.15) is 44.2 Å². The summed E-state index contributed by atoms with van der Waals surface area (Å²) in [6, 6.07) is 11.1. The van der Waals surface area contributed by atoms with Gasteiger partial charge in [0, 0.05) is 31.4 Å². The number of likely N-dealkylation sites (tertiary alicyclic amines) is 1. The van der Waals surface area contributed by atoms with E-state index in [0.717, 1.165) is 25.9 Å².